The van der Waals surface area contributed by atoms with Crippen molar-refractivity contribution in [3.8, 4) is 5.75 Å². The Labute approximate surface area is 210 Å². The molecule has 0 saturated carbocycles. The van der Waals surface area contributed by atoms with Crippen LogP contribution in [0.1, 0.15) is 45.6 Å². The number of hydrogen-bond acceptors (Lipinski definition) is 8. The van der Waals surface area contributed by atoms with E-state index in [1.807, 2.05) is 0 Å². The maximum Gasteiger partial charge on any atom is 0.326 e. The smallest absolute Gasteiger partial charge is 0.326 e. The second-order valence-corrected chi connectivity index (χ2v) is 9.11. The highest BCUT2D eigenvalue weighted by Crippen LogP contribution is 2.12. The summed E-state index contributed by atoms with van der Waals surface area (Å²) in [6, 6.07) is 1.29. The van der Waals surface area contributed by atoms with Crippen LogP contribution in [0.3, 0.4) is 0 Å². The van der Waals surface area contributed by atoms with Gasteiger partial charge >= 0.3 is 5.97 Å². The first-order chi connectivity index (χ1) is 16.9. The molecule has 5 atom stereocenters. The molecule has 0 spiro atoms. The van der Waals surface area contributed by atoms with Crippen LogP contribution in [0.4, 0.5) is 0 Å². The summed E-state index contributed by atoms with van der Waals surface area (Å²) in [6.07, 6.45) is 0.189. The van der Waals surface area contributed by atoms with Crippen molar-refractivity contribution in [3.63, 3.8) is 0 Å². The monoisotopic (exact) mass is 509 g/mol. The molecule has 12 nitrogen and oxygen atoms in total. The zero-order valence-corrected chi connectivity index (χ0v) is 20.9. The average molecular weight is 510 g/mol. The number of aliphatic hydroxyl groups is 1. The first-order valence-electron chi connectivity index (χ1n) is 11.9. The molecule has 0 aliphatic heterocycles. The maximum atomic E-state index is 13.0. The van der Waals surface area contributed by atoms with Crippen LogP contribution in [-0.2, 0) is 25.6 Å². The summed E-state index contributed by atoms with van der Waals surface area (Å²) in [6.45, 7) is 5.12. The molecule has 0 heterocycles. The van der Waals surface area contributed by atoms with Gasteiger partial charge in [0.25, 0.3) is 0 Å². The van der Waals surface area contributed by atoms with Gasteiger partial charge in [-0.15, -0.1) is 0 Å². The molecule has 202 valence electrons. The number of rotatable bonds is 15. The molecule has 0 radical (unpaired) electrons. The van der Waals surface area contributed by atoms with Crippen molar-refractivity contribution in [2.45, 2.75) is 76.7 Å². The molecule has 36 heavy (non-hydrogen) atoms. The van der Waals surface area contributed by atoms with Crippen molar-refractivity contribution in [2.24, 2.45) is 17.4 Å². The van der Waals surface area contributed by atoms with Gasteiger partial charge in [0.15, 0.2) is 0 Å². The van der Waals surface area contributed by atoms with E-state index in [0.29, 0.717) is 24.9 Å². The standard InChI is InChI=1S/C24H39N5O7/c1-13(2)20(23(34)28-18(24(35)36)12-15-7-9-16(31)10-8-15)29-21(32)17(6-4-5-11-25)27-22(33)19(26)14(3)30/h7-10,13-14,17-20,30-31H,4-6,11-12,25-26H2,1-3H3,(H,27,33)(H,28,34)(H,29,32)(H,35,36). The molecular weight excluding hydrogens is 470 g/mol. The third kappa shape index (κ3) is 10.2. The van der Waals surface area contributed by atoms with E-state index in [0.717, 1.165) is 0 Å². The maximum absolute atomic E-state index is 13.0. The summed E-state index contributed by atoms with van der Waals surface area (Å²) >= 11 is 0. The number of amides is 3. The molecule has 10 N–H and O–H groups in total. The number of carbonyl (C=O) groups is 4. The van der Waals surface area contributed by atoms with Gasteiger partial charge in [0.05, 0.1) is 6.10 Å². The van der Waals surface area contributed by atoms with E-state index in [1.165, 1.54) is 19.1 Å². The lowest BCUT2D eigenvalue weighted by molar-refractivity contribution is -0.142. The van der Waals surface area contributed by atoms with Crippen LogP contribution in [0.25, 0.3) is 0 Å². The molecule has 12 heteroatoms. The molecule has 5 unspecified atom stereocenters. The molecule has 0 aliphatic carbocycles. The minimum absolute atomic E-state index is 0.0276. The van der Waals surface area contributed by atoms with Gasteiger partial charge in [-0.3, -0.25) is 14.4 Å². The van der Waals surface area contributed by atoms with Gasteiger partial charge in [0.2, 0.25) is 17.7 Å². The van der Waals surface area contributed by atoms with Crippen molar-refractivity contribution in [1.82, 2.24) is 16.0 Å². The number of phenolic OH excluding ortho intramolecular Hbond substituents is 1. The molecule has 0 aromatic heterocycles. The summed E-state index contributed by atoms with van der Waals surface area (Å²) in [4.78, 5) is 50.2. The summed E-state index contributed by atoms with van der Waals surface area (Å²) in [7, 11) is 0. The lowest BCUT2D eigenvalue weighted by Gasteiger charge is -2.27. The second-order valence-electron chi connectivity index (χ2n) is 9.11. The van der Waals surface area contributed by atoms with Crippen LogP contribution in [-0.4, -0.2) is 75.8 Å². The predicted octanol–water partition coefficient (Wildman–Crippen LogP) is -1.03. The number of carbonyl (C=O) groups excluding carboxylic acids is 3. The Bertz CT molecular complexity index is 876. The molecule has 0 bridgehead atoms. The number of hydrogen-bond donors (Lipinski definition) is 8. The fourth-order valence-corrected chi connectivity index (χ4v) is 3.37. The molecule has 0 aliphatic rings. The number of benzene rings is 1. The van der Waals surface area contributed by atoms with E-state index in [2.05, 4.69) is 16.0 Å². The summed E-state index contributed by atoms with van der Waals surface area (Å²) < 4.78 is 0. The number of aromatic hydroxyl groups is 1. The Hall–Kier alpha value is -3.22. The largest absolute Gasteiger partial charge is 0.508 e. The average Bonchev–Trinajstić information content (AvgIpc) is 2.81. The Morgan fingerprint density at radius 2 is 1.47 bits per heavy atom. The highest BCUT2D eigenvalue weighted by molar-refractivity contribution is 5.94. The van der Waals surface area contributed by atoms with Gasteiger partial charge < -0.3 is 42.7 Å². The van der Waals surface area contributed by atoms with Crippen molar-refractivity contribution in [1.29, 1.82) is 0 Å². The normalized spacial score (nSPS) is 15.3. The highest BCUT2D eigenvalue weighted by atomic mass is 16.4. The fourth-order valence-electron chi connectivity index (χ4n) is 3.37. The van der Waals surface area contributed by atoms with Gasteiger partial charge in [0.1, 0.15) is 29.9 Å². The van der Waals surface area contributed by atoms with E-state index in [4.69, 9.17) is 11.5 Å². The van der Waals surface area contributed by atoms with Gasteiger partial charge in [-0.1, -0.05) is 26.0 Å². The van der Waals surface area contributed by atoms with Crippen LogP contribution < -0.4 is 27.4 Å². The van der Waals surface area contributed by atoms with Crippen LogP contribution >= 0.6 is 0 Å². The van der Waals surface area contributed by atoms with E-state index < -0.39 is 59.9 Å². The van der Waals surface area contributed by atoms with Crippen LogP contribution in [0.2, 0.25) is 0 Å². The Balaban J connectivity index is 2.97. The van der Waals surface area contributed by atoms with Crippen LogP contribution in [0.5, 0.6) is 5.75 Å². The summed E-state index contributed by atoms with van der Waals surface area (Å²) in [5.74, 6) is -3.70. The van der Waals surface area contributed by atoms with Crippen molar-refractivity contribution >= 4 is 23.7 Å². The predicted molar refractivity (Wildman–Crippen MR) is 133 cm³/mol. The van der Waals surface area contributed by atoms with E-state index in [-0.39, 0.29) is 18.6 Å². The van der Waals surface area contributed by atoms with Crippen molar-refractivity contribution in [2.75, 3.05) is 6.54 Å². The summed E-state index contributed by atoms with van der Waals surface area (Å²) in [5, 5.41) is 36.2. The highest BCUT2D eigenvalue weighted by Gasteiger charge is 2.32. The van der Waals surface area contributed by atoms with E-state index >= 15 is 0 Å². The lowest BCUT2D eigenvalue weighted by atomic mass is 10.00. The molecule has 3 amide bonds. The number of carboxylic acids is 1. The Kier molecular flexibility index (Phi) is 12.9. The molecule has 1 rings (SSSR count). The lowest BCUT2D eigenvalue weighted by Crippen LogP contribution is -2.59. The van der Waals surface area contributed by atoms with Gasteiger partial charge in [-0.25, -0.2) is 4.79 Å². The molecular formula is C24H39N5O7. The number of nitrogens with one attached hydrogen (secondary N) is 3. The first-order valence-corrected chi connectivity index (χ1v) is 11.9. The van der Waals surface area contributed by atoms with E-state index in [1.54, 1.807) is 26.0 Å². The van der Waals surface area contributed by atoms with Crippen molar-refractivity contribution < 1.29 is 34.5 Å². The van der Waals surface area contributed by atoms with Crippen molar-refractivity contribution in [3.05, 3.63) is 29.8 Å². The topological polar surface area (TPSA) is 217 Å². The Morgan fingerprint density at radius 1 is 0.889 bits per heavy atom. The molecule has 0 saturated heterocycles. The number of nitrogens with two attached hydrogens (primary N) is 2. The van der Waals surface area contributed by atoms with Crippen LogP contribution in [0.15, 0.2) is 24.3 Å². The molecule has 0 fully saturated rings. The molecule has 1 aromatic carbocycles. The fraction of sp³-hybridized carbons (Fsp3) is 0.583. The zero-order valence-electron chi connectivity index (χ0n) is 20.9. The third-order valence-corrected chi connectivity index (χ3v) is 5.64. The minimum atomic E-state index is -1.27. The molecule has 1 aromatic rings. The first kappa shape index (κ1) is 30.8. The van der Waals surface area contributed by atoms with Crippen LogP contribution in [0, 0.1) is 5.92 Å². The SMILES string of the molecule is CC(C)C(NC(=O)C(CCCCN)NC(=O)C(N)C(C)O)C(=O)NC(Cc1ccc(O)cc1)C(=O)O. The summed E-state index contributed by atoms with van der Waals surface area (Å²) in [5.41, 5.74) is 11.8. The minimum Gasteiger partial charge on any atom is -0.508 e. The number of aliphatic carboxylic acids is 1. The Morgan fingerprint density at radius 3 is 1.97 bits per heavy atom. The van der Waals surface area contributed by atoms with Gasteiger partial charge in [-0.05, 0) is 56.3 Å². The third-order valence-electron chi connectivity index (χ3n) is 5.64. The number of aliphatic hydroxyl groups excluding tert-OH is 1. The number of phenols is 1. The van der Waals surface area contributed by atoms with Gasteiger partial charge in [0, 0.05) is 6.42 Å². The second kappa shape index (κ2) is 15.0. The zero-order chi connectivity index (χ0) is 27.4. The quantitative estimate of drug-likeness (QED) is 0.135. The van der Waals surface area contributed by atoms with Gasteiger partial charge in [-0.2, -0.15) is 0 Å². The number of carboxylic acid groups (broad SMARTS) is 1. The number of unbranched alkanes of at least 4 members (excludes halogenated alkanes) is 1. The van der Waals surface area contributed by atoms with E-state index in [9.17, 15) is 34.5 Å².